The second-order valence-electron chi connectivity index (χ2n) is 5.57. The van der Waals surface area contributed by atoms with E-state index in [0.717, 1.165) is 17.4 Å². The maximum absolute atomic E-state index is 10.8. The van der Waals surface area contributed by atoms with Crippen molar-refractivity contribution in [1.82, 2.24) is 0 Å². The quantitative estimate of drug-likeness (QED) is 0.706. The standard InChI is InChI=1S/C17H18O/c1-17(2,3)16-9-5-8-15(11-16)14-7-4-6-13(10-14)12-18/h4-12H,1-3H3. The molecule has 18 heavy (non-hydrogen) atoms. The molecule has 0 saturated carbocycles. The molecule has 0 bridgehead atoms. The summed E-state index contributed by atoms with van der Waals surface area (Å²) in [5.41, 5.74) is 4.40. The molecule has 0 heterocycles. The van der Waals surface area contributed by atoms with Gasteiger partial charge in [-0.3, -0.25) is 4.79 Å². The van der Waals surface area contributed by atoms with E-state index in [1.165, 1.54) is 5.56 Å². The lowest BCUT2D eigenvalue weighted by Gasteiger charge is -2.19. The van der Waals surface area contributed by atoms with Crippen LogP contribution in [0.3, 0.4) is 0 Å². The predicted octanol–water partition coefficient (Wildman–Crippen LogP) is 4.46. The van der Waals surface area contributed by atoms with Crippen LogP contribution < -0.4 is 0 Å². The number of rotatable bonds is 2. The van der Waals surface area contributed by atoms with Gasteiger partial charge in [-0.1, -0.05) is 63.2 Å². The van der Waals surface area contributed by atoms with E-state index in [2.05, 4.69) is 45.0 Å². The molecule has 1 nitrogen and oxygen atoms in total. The lowest BCUT2D eigenvalue weighted by Crippen LogP contribution is -2.10. The van der Waals surface area contributed by atoms with Crippen molar-refractivity contribution >= 4 is 6.29 Å². The van der Waals surface area contributed by atoms with E-state index in [0.29, 0.717) is 5.56 Å². The summed E-state index contributed by atoms with van der Waals surface area (Å²) in [6.45, 7) is 6.61. The average molecular weight is 238 g/mol. The van der Waals surface area contributed by atoms with E-state index in [9.17, 15) is 4.79 Å². The van der Waals surface area contributed by atoms with Gasteiger partial charge in [-0.15, -0.1) is 0 Å². The third-order valence-corrected chi connectivity index (χ3v) is 3.08. The van der Waals surface area contributed by atoms with Crippen molar-refractivity contribution in [2.75, 3.05) is 0 Å². The van der Waals surface area contributed by atoms with E-state index in [1.807, 2.05) is 24.3 Å². The molecule has 0 aliphatic carbocycles. The fourth-order valence-corrected chi connectivity index (χ4v) is 1.96. The van der Waals surface area contributed by atoms with Crippen LogP contribution in [0, 0.1) is 0 Å². The number of carbonyl (C=O) groups is 1. The van der Waals surface area contributed by atoms with Crippen molar-refractivity contribution in [3.63, 3.8) is 0 Å². The normalized spacial score (nSPS) is 11.3. The summed E-state index contributed by atoms with van der Waals surface area (Å²) in [5.74, 6) is 0. The summed E-state index contributed by atoms with van der Waals surface area (Å²) in [6, 6.07) is 16.2. The van der Waals surface area contributed by atoms with E-state index in [-0.39, 0.29) is 5.41 Å². The smallest absolute Gasteiger partial charge is 0.150 e. The third-order valence-electron chi connectivity index (χ3n) is 3.08. The van der Waals surface area contributed by atoms with Crippen LogP contribution in [0.15, 0.2) is 48.5 Å². The Balaban J connectivity index is 2.47. The van der Waals surface area contributed by atoms with Gasteiger partial charge in [0, 0.05) is 5.56 Å². The molecular weight excluding hydrogens is 220 g/mol. The van der Waals surface area contributed by atoms with E-state index < -0.39 is 0 Å². The summed E-state index contributed by atoms with van der Waals surface area (Å²) >= 11 is 0. The number of benzene rings is 2. The van der Waals surface area contributed by atoms with E-state index >= 15 is 0 Å². The van der Waals surface area contributed by atoms with Crippen molar-refractivity contribution in [1.29, 1.82) is 0 Å². The van der Waals surface area contributed by atoms with Gasteiger partial charge in [0.25, 0.3) is 0 Å². The van der Waals surface area contributed by atoms with Gasteiger partial charge in [-0.05, 0) is 28.2 Å². The lowest BCUT2D eigenvalue weighted by molar-refractivity contribution is 0.112. The van der Waals surface area contributed by atoms with Crippen LogP contribution in [0.25, 0.3) is 11.1 Å². The van der Waals surface area contributed by atoms with Crippen LogP contribution in [-0.4, -0.2) is 6.29 Å². The third kappa shape index (κ3) is 2.67. The molecule has 0 radical (unpaired) electrons. The van der Waals surface area contributed by atoms with Gasteiger partial charge >= 0.3 is 0 Å². The molecule has 2 aromatic rings. The Morgan fingerprint density at radius 1 is 0.889 bits per heavy atom. The van der Waals surface area contributed by atoms with Crippen molar-refractivity contribution in [3.8, 4) is 11.1 Å². The minimum Gasteiger partial charge on any atom is -0.298 e. The van der Waals surface area contributed by atoms with Gasteiger partial charge in [-0.25, -0.2) is 0 Å². The molecule has 0 atom stereocenters. The van der Waals surface area contributed by atoms with E-state index in [4.69, 9.17) is 0 Å². The Kier molecular flexibility index (Phi) is 3.33. The van der Waals surface area contributed by atoms with Crippen molar-refractivity contribution in [2.24, 2.45) is 0 Å². The summed E-state index contributed by atoms with van der Waals surface area (Å²) < 4.78 is 0. The molecule has 0 fully saturated rings. The summed E-state index contributed by atoms with van der Waals surface area (Å²) in [7, 11) is 0. The molecule has 0 aromatic heterocycles. The molecule has 0 saturated heterocycles. The first-order valence-electron chi connectivity index (χ1n) is 6.17. The highest BCUT2D eigenvalue weighted by molar-refractivity contribution is 5.79. The molecule has 0 aliphatic heterocycles. The second kappa shape index (κ2) is 4.77. The Bertz CT molecular complexity index is 562. The molecule has 92 valence electrons. The topological polar surface area (TPSA) is 17.1 Å². The summed E-state index contributed by atoms with van der Waals surface area (Å²) in [6.07, 6.45) is 0.886. The van der Waals surface area contributed by atoms with Gasteiger partial charge < -0.3 is 0 Å². The van der Waals surface area contributed by atoms with Gasteiger partial charge in [-0.2, -0.15) is 0 Å². The number of carbonyl (C=O) groups excluding carboxylic acids is 1. The van der Waals surface area contributed by atoms with Gasteiger partial charge in [0.2, 0.25) is 0 Å². The fraction of sp³-hybridized carbons (Fsp3) is 0.235. The predicted molar refractivity (Wildman–Crippen MR) is 76.0 cm³/mol. The maximum atomic E-state index is 10.8. The van der Waals surface area contributed by atoms with Crippen LogP contribution >= 0.6 is 0 Å². The van der Waals surface area contributed by atoms with Crippen LogP contribution in [0.4, 0.5) is 0 Å². The van der Waals surface area contributed by atoms with Gasteiger partial charge in [0.1, 0.15) is 6.29 Å². The number of hydrogen-bond acceptors (Lipinski definition) is 1. The monoisotopic (exact) mass is 238 g/mol. The molecule has 2 aromatic carbocycles. The Labute approximate surface area is 108 Å². The molecule has 0 spiro atoms. The highest BCUT2D eigenvalue weighted by atomic mass is 16.1. The first kappa shape index (κ1) is 12.6. The van der Waals surface area contributed by atoms with Crippen LogP contribution in [0.2, 0.25) is 0 Å². The Morgan fingerprint density at radius 3 is 2.11 bits per heavy atom. The van der Waals surface area contributed by atoms with Crippen molar-refractivity contribution in [2.45, 2.75) is 26.2 Å². The molecule has 0 aliphatic rings. The highest BCUT2D eigenvalue weighted by Gasteiger charge is 2.13. The first-order chi connectivity index (χ1) is 8.50. The lowest BCUT2D eigenvalue weighted by atomic mass is 9.85. The zero-order chi connectivity index (χ0) is 13.2. The Hall–Kier alpha value is -1.89. The molecule has 1 heteroatoms. The SMILES string of the molecule is CC(C)(C)c1cccc(-c2cccc(C=O)c2)c1. The molecule has 0 unspecified atom stereocenters. The Morgan fingerprint density at radius 2 is 1.50 bits per heavy atom. The minimum atomic E-state index is 0.137. The van der Waals surface area contributed by atoms with Crippen molar-refractivity contribution in [3.05, 3.63) is 59.7 Å². The fourth-order valence-electron chi connectivity index (χ4n) is 1.96. The summed E-state index contributed by atoms with van der Waals surface area (Å²) in [4.78, 5) is 10.8. The van der Waals surface area contributed by atoms with Gasteiger partial charge in [0.05, 0.1) is 0 Å². The minimum absolute atomic E-state index is 0.137. The maximum Gasteiger partial charge on any atom is 0.150 e. The van der Waals surface area contributed by atoms with Crippen molar-refractivity contribution < 1.29 is 4.79 Å². The molecule has 2 rings (SSSR count). The van der Waals surface area contributed by atoms with Crippen LogP contribution in [-0.2, 0) is 5.41 Å². The largest absolute Gasteiger partial charge is 0.298 e. The van der Waals surface area contributed by atoms with Crippen LogP contribution in [0.1, 0.15) is 36.7 Å². The highest BCUT2D eigenvalue weighted by Crippen LogP contribution is 2.27. The number of aldehydes is 1. The second-order valence-corrected chi connectivity index (χ2v) is 5.57. The zero-order valence-electron chi connectivity index (χ0n) is 11.1. The molecular formula is C17H18O. The van der Waals surface area contributed by atoms with Crippen LogP contribution in [0.5, 0.6) is 0 Å². The zero-order valence-corrected chi connectivity index (χ0v) is 11.1. The van der Waals surface area contributed by atoms with E-state index in [1.54, 1.807) is 0 Å². The first-order valence-corrected chi connectivity index (χ1v) is 6.17. The molecule has 0 N–H and O–H groups in total. The molecule has 0 amide bonds. The average Bonchev–Trinajstić information content (AvgIpc) is 2.38. The summed E-state index contributed by atoms with van der Waals surface area (Å²) in [5, 5.41) is 0. The van der Waals surface area contributed by atoms with Gasteiger partial charge in [0.15, 0.2) is 0 Å². The number of hydrogen-bond donors (Lipinski definition) is 0.